The Morgan fingerprint density at radius 2 is 2.05 bits per heavy atom. The molecular weight excluding hydrogens is 288 g/mol. The fourth-order valence-corrected chi connectivity index (χ4v) is 2.34. The quantitative estimate of drug-likeness (QED) is 0.540. The molecule has 0 bridgehead atoms. The number of benzene rings is 1. The Hall–Kier alpha value is -3.11. The standard InChI is InChI=1S/C12H9N8O2/c1-7-5-10-13-14-11(18(10)12-15-16-17-19(7)12)8-3-2-4-9(6-8)20(21)22/h2-6,21H,1H3/q-1. The Labute approximate surface area is 122 Å². The van der Waals surface area contributed by atoms with Crippen molar-refractivity contribution in [3.63, 3.8) is 0 Å². The minimum Gasteiger partial charge on any atom is -0.733 e. The van der Waals surface area contributed by atoms with Gasteiger partial charge in [-0.2, -0.15) is 4.52 Å². The fraction of sp³-hybridized carbons (Fsp3) is 0.0833. The molecule has 0 spiro atoms. The summed E-state index contributed by atoms with van der Waals surface area (Å²) in [5, 5.41) is 39.7. The average Bonchev–Trinajstić information content (AvgIpc) is 3.13. The Balaban J connectivity index is 2.03. The van der Waals surface area contributed by atoms with E-state index in [1.807, 2.05) is 6.92 Å². The molecule has 0 fully saturated rings. The number of aryl methyl sites for hydroxylation is 1. The molecule has 3 aromatic heterocycles. The zero-order chi connectivity index (χ0) is 15.3. The van der Waals surface area contributed by atoms with Gasteiger partial charge in [-0.05, 0) is 29.5 Å². The maximum absolute atomic E-state index is 11.0. The molecule has 22 heavy (non-hydrogen) atoms. The van der Waals surface area contributed by atoms with Crippen molar-refractivity contribution < 1.29 is 5.21 Å². The molecule has 0 atom stereocenters. The maximum atomic E-state index is 11.0. The van der Waals surface area contributed by atoms with Gasteiger partial charge in [0.1, 0.15) is 0 Å². The van der Waals surface area contributed by atoms with Gasteiger partial charge in [0, 0.05) is 17.3 Å². The highest BCUT2D eigenvalue weighted by Gasteiger charge is 2.15. The van der Waals surface area contributed by atoms with E-state index in [-0.39, 0.29) is 10.9 Å². The lowest BCUT2D eigenvalue weighted by atomic mass is 10.2. The molecule has 0 aliphatic carbocycles. The number of fused-ring (bicyclic) bond motifs is 3. The molecule has 0 saturated heterocycles. The highest BCUT2D eigenvalue weighted by molar-refractivity contribution is 5.67. The second-order valence-electron chi connectivity index (χ2n) is 4.72. The van der Waals surface area contributed by atoms with E-state index in [1.54, 1.807) is 27.1 Å². The molecule has 0 unspecified atom stereocenters. The van der Waals surface area contributed by atoms with Crippen LogP contribution in [0.3, 0.4) is 0 Å². The second-order valence-corrected chi connectivity index (χ2v) is 4.72. The van der Waals surface area contributed by atoms with Crippen LogP contribution in [0, 0.1) is 12.1 Å². The SMILES string of the molecule is Cc1cc2nnc(-c3cccc(N([O-])O)c3)n2c2nnnn12. The summed E-state index contributed by atoms with van der Waals surface area (Å²) in [6.45, 7) is 1.86. The third kappa shape index (κ3) is 1.71. The molecular formula is C12H9N8O2-. The number of rotatable bonds is 2. The number of tetrazole rings is 1. The first-order chi connectivity index (χ1) is 10.6. The van der Waals surface area contributed by atoms with Crippen LogP contribution < -0.4 is 5.23 Å². The van der Waals surface area contributed by atoms with Crippen molar-refractivity contribution in [2.75, 3.05) is 5.23 Å². The zero-order valence-electron chi connectivity index (χ0n) is 11.3. The zero-order valence-corrected chi connectivity index (χ0v) is 11.3. The number of hydrogen-bond acceptors (Lipinski definition) is 8. The first-order valence-corrected chi connectivity index (χ1v) is 6.34. The minimum atomic E-state index is -0.203. The van der Waals surface area contributed by atoms with E-state index < -0.39 is 0 Å². The van der Waals surface area contributed by atoms with Gasteiger partial charge in [-0.15, -0.1) is 10.2 Å². The van der Waals surface area contributed by atoms with Crippen LogP contribution >= 0.6 is 0 Å². The smallest absolute Gasteiger partial charge is 0.261 e. The summed E-state index contributed by atoms with van der Waals surface area (Å²) in [4.78, 5) is 0. The molecule has 4 aromatic rings. The van der Waals surface area contributed by atoms with Crippen LogP contribution in [-0.4, -0.2) is 39.8 Å². The summed E-state index contributed by atoms with van der Waals surface area (Å²) in [5.74, 6) is 0.932. The molecule has 110 valence electrons. The van der Waals surface area contributed by atoms with Crippen molar-refractivity contribution in [1.29, 1.82) is 0 Å². The van der Waals surface area contributed by atoms with Crippen molar-refractivity contribution in [3.05, 3.63) is 41.2 Å². The van der Waals surface area contributed by atoms with Gasteiger partial charge >= 0.3 is 0 Å². The predicted molar refractivity (Wildman–Crippen MR) is 75.1 cm³/mol. The van der Waals surface area contributed by atoms with Gasteiger partial charge in [0.2, 0.25) is 0 Å². The third-order valence-electron chi connectivity index (χ3n) is 3.34. The van der Waals surface area contributed by atoms with E-state index in [0.717, 1.165) is 5.69 Å². The number of aromatic nitrogens is 7. The first kappa shape index (κ1) is 12.6. The molecule has 0 aliphatic rings. The molecule has 3 heterocycles. The van der Waals surface area contributed by atoms with Gasteiger partial charge in [0.05, 0.1) is 5.69 Å². The maximum Gasteiger partial charge on any atom is 0.261 e. The molecule has 0 aliphatic heterocycles. The van der Waals surface area contributed by atoms with Crippen LogP contribution in [0.25, 0.3) is 22.8 Å². The monoisotopic (exact) mass is 297 g/mol. The largest absolute Gasteiger partial charge is 0.733 e. The van der Waals surface area contributed by atoms with Crippen LogP contribution in [0.4, 0.5) is 5.69 Å². The van der Waals surface area contributed by atoms with Crippen LogP contribution in [0.15, 0.2) is 30.3 Å². The normalized spacial score (nSPS) is 11.4. The van der Waals surface area contributed by atoms with E-state index in [9.17, 15) is 5.21 Å². The molecule has 1 N–H and O–H groups in total. The topological polar surface area (TPSA) is 120 Å². The van der Waals surface area contributed by atoms with Gasteiger partial charge in [-0.1, -0.05) is 17.2 Å². The van der Waals surface area contributed by atoms with E-state index in [0.29, 0.717) is 22.8 Å². The number of hydrogen-bond donors (Lipinski definition) is 1. The summed E-state index contributed by atoms with van der Waals surface area (Å²) in [6.07, 6.45) is 0. The second kappa shape index (κ2) is 4.44. The molecule has 10 nitrogen and oxygen atoms in total. The summed E-state index contributed by atoms with van der Waals surface area (Å²) >= 11 is 0. The van der Waals surface area contributed by atoms with Crippen molar-refractivity contribution in [2.45, 2.75) is 6.92 Å². The average molecular weight is 297 g/mol. The Morgan fingerprint density at radius 3 is 2.86 bits per heavy atom. The van der Waals surface area contributed by atoms with Crippen molar-refractivity contribution >= 4 is 17.1 Å². The van der Waals surface area contributed by atoms with Crippen molar-refractivity contribution in [2.24, 2.45) is 0 Å². The summed E-state index contributed by atoms with van der Waals surface area (Å²) < 4.78 is 3.24. The number of nitrogens with zero attached hydrogens (tertiary/aromatic N) is 8. The van der Waals surface area contributed by atoms with Crippen molar-refractivity contribution in [1.82, 2.24) is 34.6 Å². The lowest BCUT2D eigenvalue weighted by molar-refractivity contribution is 0.296. The van der Waals surface area contributed by atoms with Crippen molar-refractivity contribution in [3.8, 4) is 11.4 Å². The molecule has 4 rings (SSSR count). The molecule has 0 radical (unpaired) electrons. The Kier molecular flexibility index (Phi) is 2.55. The Morgan fingerprint density at radius 1 is 1.18 bits per heavy atom. The fourth-order valence-electron chi connectivity index (χ4n) is 2.34. The minimum absolute atomic E-state index is 0.0944. The van der Waals surface area contributed by atoms with Gasteiger partial charge in [0.15, 0.2) is 11.5 Å². The van der Waals surface area contributed by atoms with E-state index in [2.05, 4.69) is 25.7 Å². The van der Waals surface area contributed by atoms with Gasteiger partial charge in [-0.25, -0.2) is 4.40 Å². The van der Waals surface area contributed by atoms with Gasteiger partial charge < -0.3 is 10.4 Å². The third-order valence-corrected chi connectivity index (χ3v) is 3.34. The lowest BCUT2D eigenvalue weighted by Gasteiger charge is -2.21. The highest BCUT2D eigenvalue weighted by atomic mass is 16.8. The Bertz CT molecular complexity index is 989. The van der Waals surface area contributed by atoms with Crippen LogP contribution in [-0.2, 0) is 0 Å². The van der Waals surface area contributed by atoms with Crippen LogP contribution in [0.1, 0.15) is 5.69 Å². The van der Waals surface area contributed by atoms with E-state index in [4.69, 9.17) is 5.21 Å². The van der Waals surface area contributed by atoms with E-state index in [1.165, 1.54) is 12.1 Å². The summed E-state index contributed by atoms with van der Waals surface area (Å²) in [5.41, 5.74) is 2.11. The first-order valence-electron chi connectivity index (χ1n) is 6.34. The summed E-state index contributed by atoms with van der Waals surface area (Å²) in [7, 11) is 0. The molecule has 10 heteroatoms. The molecule has 0 saturated carbocycles. The predicted octanol–water partition coefficient (Wildman–Crippen LogP) is 0.836. The molecule has 1 aromatic carbocycles. The van der Waals surface area contributed by atoms with E-state index >= 15 is 0 Å². The summed E-state index contributed by atoms with van der Waals surface area (Å²) in [6, 6.07) is 8.18. The molecule has 0 amide bonds. The van der Waals surface area contributed by atoms with Crippen LogP contribution in [0.2, 0.25) is 0 Å². The highest BCUT2D eigenvalue weighted by Crippen LogP contribution is 2.24. The lowest BCUT2D eigenvalue weighted by Crippen LogP contribution is -2.07. The van der Waals surface area contributed by atoms with Crippen LogP contribution in [0.5, 0.6) is 0 Å². The van der Waals surface area contributed by atoms with Gasteiger partial charge in [-0.3, -0.25) is 5.21 Å². The van der Waals surface area contributed by atoms with Gasteiger partial charge in [0.25, 0.3) is 5.78 Å². The number of anilines is 1.